The minimum Gasteiger partial charge on any atom is -0.387 e. The third-order valence-corrected chi connectivity index (χ3v) is 5.04. The highest BCUT2D eigenvalue weighted by Crippen LogP contribution is 2.29. The Morgan fingerprint density at radius 1 is 1.39 bits per heavy atom. The molecule has 2 heterocycles. The summed E-state index contributed by atoms with van der Waals surface area (Å²) in [6, 6.07) is 7.94. The van der Waals surface area contributed by atoms with E-state index in [0.717, 1.165) is 21.3 Å². The number of hydrogen-bond donors (Lipinski definition) is 2. The van der Waals surface area contributed by atoms with Gasteiger partial charge in [-0.2, -0.15) is 5.10 Å². The van der Waals surface area contributed by atoms with Crippen molar-refractivity contribution in [1.29, 1.82) is 0 Å². The first-order valence-corrected chi connectivity index (χ1v) is 8.29. The van der Waals surface area contributed by atoms with Gasteiger partial charge in [-0.05, 0) is 30.7 Å². The summed E-state index contributed by atoms with van der Waals surface area (Å²) in [5.74, 6) is -0.202. The Kier molecular flexibility index (Phi) is 4.19. The van der Waals surface area contributed by atoms with Gasteiger partial charge in [0.2, 0.25) is 0 Å². The van der Waals surface area contributed by atoms with Crippen molar-refractivity contribution in [3.05, 3.63) is 52.2 Å². The van der Waals surface area contributed by atoms with Crippen LogP contribution in [0.25, 0.3) is 10.1 Å². The molecule has 0 aliphatic carbocycles. The number of amides is 1. The third kappa shape index (κ3) is 2.87. The molecule has 2 N–H and O–H groups in total. The summed E-state index contributed by atoms with van der Waals surface area (Å²) in [7, 11) is 1.81. The Bertz CT molecular complexity index is 866. The van der Waals surface area contributed by atoms with Gasteiger partial charge in [0.25, 0.3) is 5.91 Å². The number of carbonyl (C=O) groups excluding carboxylic acids is 1. The molecule has 0 aliphatic rings. The molecule has 1 amide bonds. The van der Waals surface area contributed by atoms with E-state index in [1.165, 1.54) is 0 Å². The minimum absolute atomic E-state index is 0.174. The summed E-state index contributed by atoms with van der Waals surface area (Å²) in [6.07, 6.45) is -0.729. The zero-order chi connectivity index (χ0) is 16.6. The van der Waals surface area contributed by atoms with Crippen molar-refractivity contribution in [3.63, 3.8) is 0 Å². The first-order chi connectivity index (χ1) is 11.0. The second kappa shape index (κ2) is 6.14. The molecule has 5 nitrogen and oxygen atoms in total. The van der Waals surface area contributed by atoms with Crippen LogP contribution in [0, 0.1) is 13.8 Å². The Balaban J connectivity index is 1.74. The lowest BCUT2D eigenvalue weighted by atomic mass is 10.1. The summed E-state index contributed by atoms with van der Waals surface area (Å²) in [6.45, 7) is 3.84. The van der Waals surface area contributed by atoms with Crippen molar-refractivity contribution in [2.24, 2.45) is 7.05 Å². The van der Waals surface area contributed by atoms with Crippen LogP contribution in [-0.2, 0) is 7.05 Å². The highest BCUT2D eigenvalue weighted by Gasteiger charge is 2.19. The molecule has 0 fully saturated rings. The van der Waals surface area contributed by atoms with Gasteiger partial charge in [-0.25, -0.2) is 0 Å². The maximum Gasteiger partial charge on any atom is 0.255 e. The van der Waals surface area contributed by atoms with Crippen LogP contribution in [0.15, 0.2) is 29.6 Å². The molecular formula is C17H19N3O2S. The summed E-state index contributed by atoms with van der Waals surface area (Å²) in [5.41, 5.74) is 2.94. The Morgan fingerprint density at radius 2 is 2.13 bits per heavy atom. The standard InChI is InChI=1S/C17H19N3O2S/c1-10-16(11(2)20(3)19-10)17(22)18-8-14(21)13-9-23-15-7-5-4-6-12(13)15/h4-7,9,14,21H,8H2,1-3H3,(H,18,22)/t14-/m1/s1. The van der Waals surface area contributed by atoms with Crippen LogP contribution < -0.4 is 5.32 Å². The fourth-order valence-electron chi connectivity index (χ4n) is 2.75. The number of rotatable bonds is 4. The highest BCUT2D eigenvalue weighted by atomic mass is 32.1. The predicted molar refractivity (Wildman–Crippen MR) is 91.8 cm³/mol. The van der Waals surface area contributed by atoms with E-state index in [1.54, 1.807) is 16.0 Å². The van der Waals surface area contributed by atoms with Crippen LogP contribution >= 0.6 is 11.3 Å². The van der Waals surface area contributed by atoms with Gasteiger partial charge in [0.1, 0.15) is 0 Å². The van der Waals surface area contributed by atoms with Gasteiger partial charge in [-0.15, -0.1) is 11.3 Å². The van der Waals surface area contributed by atoms with Gasteiger partial charge in [0, 0.05) is 29.5 Å². The summed E-state index contributed by atoms with van der Waals surface area (Å²) in [5, 5.41) is 20.5. The molecule has 0 radical (unpaired) electrons. The molecule has 120 valence electrons. The van der Waals surface area contributed by atoms with Crippen LogP contribution in [0.2, 0.25) is 0 Å². The number of thiophene rings is 1. The number of benzene rings is 1. The van der Waals surface area contributed by atoms with Crippen molar-refractivity contribution in [2.75, 3.05) is 6.54 Å². The predicted octanol–water partition coefficient (Wildman–Crippen LogP) is 2.72. The van der Waals surface area contributed by atoms with Crippen LogP contribution in [0.5, 0.6) is 0 Å². The highest BCUT2D eigenvalue weighted by molar-refractivity contribution is 7.17. The lowest BCUT2D eigenvalue weighted by Crippen LogP contribution is -2.29. The number of nitrogens with one attached hydrogen (secondary N) is 1. The minimum atomic E-state index is -0.729. The number of aromatic nitrogens is 2. The molecule has 0 saturated heterocycles. The Morgan fingerprint density at radius 3 is 2.83 bits per heavy atom. The van der Waals surface area contributed by atoms with Crippen molar-refractivity contribution >= 4 is 27.3 Å². The quantitative estimate of drug-likeness (QED) is 0.773. The molecule has 3 rings (SSSR count). The third-order valence-electron chi connectivity index (χ3n) is 4.06. The van der Waals surface area contributed by atoms with Gasteiger partial charge >= 0.3 is 0 Å². The second-order valence-electron chi connectivity index (χ2n) is 5.58. The SMILES string of the molecule is Cc1nn(C)c(C)c1C(=O)NC[C@@H](O)c1csc2ccccc12. The van der Waals surface area contributed by atoms with E-state index in [0.29, 0.717) is 11.3 Å². The lowest BCUT2D eigenvalue weighted by Gasteiger charge is -2.12. The molecule has 2 aromatic heterocycles. The number of nitrogens with zero attached hydrogens (tertiary/aromatic N) is 2. The Hall–Kier alpha value is -2.18. The summed E-state index contributed by atoms with van der Waals surface area (Å²) < 4.78 is 2.82. The van der Waals surface area contributed by atoms with Crippen molar-refractivity contribution in [1.82, 2.24) is 15.1 Å². The Labute approximate surface area is 138 Å². The number of carbonyl (C=O) groups is 1. The molecule has 0 aliphatic heterocycles. The topological polar surface area (TPSA) is 67.2 Å². The number of aliphatic hydroxyl groups excluding tert-OH is 1. The molecule has 0 spiro atoms. The first kappa shape index (κ1) is 15.7. The van der Waals surface area contributed by atoms with E-state index in [2.05, 4.69) is 10.4 Å². The molecule has 1 aromatic carbocycles. The van der Waals surface area contributed by atoms with Crippen LogP contribution in [0.4, 0.5) is 0 Å². The summed E-state index contributed by atoms with van der Waals surface area (Å²) in [4.78, 5) is 12.4. The number of fused-ring (bicyclic) bond motifs is 1. The maximum atomic E-state index is 12.4. The fourth-order valence-corrected chi connectivity index (χ4v) is 3.75. The molecule has 3 aromatic rings. The zero-order valence-electron chi connectivity index (χ0n) is 13.3. The lowest BCUT2D eigenvalue weighted by molar-refractivity contribution is 0.0916. The molecular weight excluding hydrogens is 310 g/mol. The monoisotopic (exact) mass is 329 g/mol. The smallest absolute Gasteiger partial charge is 0.255 e. The molecule has 1 atom stereocenters. The van der Waals surface area contributed by atoms with Gasteiger partial charge in [-0.1, -0.05) is 18.2 Å². The van der Waals surface area contributed by atoms with E-state index < -0.39 is 6.10 Å². The number of aryl methyl sites for hydroxylation is 2. The van der Waals surface area contributed by atoms with E-state index in [9.17, 15) is 9.90 Å². The maximum absolute atomic E-state index is 12.4. The van der Waals surface area contributed by atoms with Crippen molar-refractivity contribution in [2.45, 2.75) is 20.0 Å². The molecule has 0 saturated carbocycles. The van der Waals surface area contributed by atoms with Gasteiger partial charge in [0.05, 0.1) is 17.4 Å². The summed E-state index contributed by atoms with van der Waals surface area (Å²) >= 11 is 1.60. The van der Waals surface area contributed by atoms with Crippen molar-refractivity contribution in [3.8, 4) is 0 Å². The van der Waals surface area contributed by atoms with E-state index in [1.807, 2.05) is 50.5 Å². The first-order valence-electron chi connectivity index (χ1n) is 7.41. The van der Waals surface area contributed by atoms with Gasteiger partial charge in [0.15, 0.2) is 0 Å². The van der Waals surface area contributed by atoms with Crippen LogP contribution in [-0.4, -0.2) is 27.3 Å². The average molecular weight is 329 g/mol. The second-order valence-corrected chi connectivity index (χ2v) is 6.49. The molecule has 0 bridgehead atoms. The zero-order valence-corrected chi connectivity index (χ0v) is 14.1. The van der Waals surface area contributed by atoms with Gasteiger partial charge < -0.3 is 10.4 Å². The number of aliphatic hydroxyl groups is 1. The molecule has 23 heavy (non-hydrogen) atoms. The molecule has 6 heteroatoms. The fraction of sp³-hybridized carbons (Fsp3) is 0.294. The average Bonchev–Trinajstić information content (AvgIpc) is 3.06. The number of hydrogen-bond acceptors (Lipinski definition) is 4. The van der Waals surface area contributed by atoms with E-state index >= 15 is 0 Å². The van der Waals surface area contributed by atoms with Crippen LogP contribution in [0.1, 0.15) is 33.4 Å². The normalized spacial score (nSPS) is 12.5. The van der Waals surface area contributed by atoms with Crippen molar-refractivity contribution < 1.29 is 9.90 Å². The van der Waals surface area contributed by atoms with Crippen LogP contribution in [0.3, 0.4) is 0 Å². The van der Waals surface area contributed by atoms with E-state index in [-0.39, 0.29) is 12.5 Å². The van der Waals surface area contributed by atoms with Gasteiger partial charge in [-0.3, -0.25) is 9.48 Å². The largest absolute Gasteiger partial charge is 0.387 e. The molecule has 0 unspecified atom stereocenters. The van der Waals surface area contributed by atoms with E-state index in [4.69, 9.17) is 0 Å².